The standard InChI is InChI=1S/C18H15Cl2N3O2/c1-11(24)5-4-7-14-12-9-10-16(20)22-17(12)23(18(25)21-14)15-8-3-2-6-13(15)19/h2-3,6,8-10H,4-5,7H2,1H3. The molecule has 0 aliphatic carbocycles. The van der Waals surface area contributed by atoms with E-state index < -0.39 is 5.69 Å². The van der Waals surface area contributed by atoms with E-state index in [0.717, 1.165) is 0 Å². The lowest BCUT2D eigenvalue weighted by Gasteiger charge is -2.13. The Kier molecular flexibility index (Phi) is 5.16. The molecule has 0 radical (unpaired) electrons. The highest BCUT2D eigenvalue weighted by Gasteiger charge is 2.15. The van der Waals surface area contributed by atoms with E-state index in [4.69, 9.17) is 23.2 Å². The van der Waals surface area contributed by atoms with Gasteiger partial charge in [-0.05, 0) is 44.0 Å². The number of carbonyl (C=O) groups is 1. The molecule has 1 aromatic carbocycles. The summed E-state index contributed by atoms with van der Waals surface area (Å²) >= 11 is 12.3. The van der Waals surface area contributed by atoms with Crippen molar-refractivity contribution in [2.45, 2.75) is 26.2 Å². The van der Waals surface area contributed by atoms with Crippen LogP contribution in [0.15, 0.2) is 41.2 Å². The molecule has 3 aromatic rings. The summed E-state index contributed by atoms with van der Waals surface area (Å²) in [5, 5.41) is 1.40. The van der Waals surface area contributed by atoms with Crippen LogP contribution < -0.4 is 5.69 Å². The number of para-hydroxylation sites is 1. The van der Waals surface area contributed by atoms with Gasteiger partial charge in [0.1, 0.15) is 10.9 Å². The fourth-order valence-corrected chi connectivity index (χ4v) is 3.05. The Morgan fingerprint density at radius 1 is 1.12 bits per heavy atom. The van der Waals surface area contributed by atoms with Crippen molar-refractivity contribution in [2.24, 2.45) is 0 Å². The summed E-state index contributed by atoms with van der Waals surface area (Å²) in [6.07, 6.45) is 1.57. The quantitative estimate of drug-likeness (QED) is 0.632. The third-order valence-corrected chi connectivity index (χ3v) is 4.35. The number of benzene rings is 1. The lowest BCUT2D eigenvalue weighted by Crippen LogP contribution is -2.24. The van der Waals surface area contributed by atoms with Gasteiger partial charge >= 0.3 is 5.69 Å². The van der Waals surface area contributed by atoms with Gasteiger partial charge in [-0.15, -0.1) is 0 Å². The summed E-state index contributed by atoms with van der Waals surface area (Å²) in [7, 11) is 0. The highest BCUT2D eigenvalue weighted by molar-refractivity contribution is 6.32. The Balaban J connectivity index is 2.21. The highest BCUT2D eigenvalue weighted by atomic mass is 35.5. The number of nitrogens with zero attached hydrogens (tertiary/aromatic N) is 3. The molecule has 3 rings (SSSR count). The molecule has 25 heavy (non-hydrogen) atoms. The second-order valence-electron chi connectivity index (χ2n) is 5.69. The van der Waals surface area contributed by atoms with E-state index in [0.29, 0.717) is 46.7 Å². The summed E-state index contributed by atoms with van der Waals surface area (Å²) in [4.78, 5) is 32.3. The van der Waals surface area contributed by atoms with Crippen LogP contribution >= 0.6 is 23.2 Å². The zero-order valence-corrected chi connectivity index (χ0v) is 15.0. The van der Waals surface area contributed by atoms with Crippen LogP contribution in [0.2, 0.25) is 10.2 Å². The number of halogens is 2. The Bertz CT molecular complexity index is 1010. The van der Waals surface area contributed by atoms with Gasteiger partial charge in [0.25, 0.3) is 0 Å². The van der Waals surface area contributed by atoms with Crippen molar-refractivity contribution in [3.05, 3.63) is 62.8 Å². The number of hydrogen-bond donors (Lipinski definition) is 0. The molecule has 0 N–H and O–H groups in total. The molecule has 0 atom stereocenters. The molecule has 0 saturated carbocycles. The molecule has 0 amide bonds. The molecular formula is C18H15Cl2N3O2. The summed E-state index contributed by atoms with van der Waals surface area (Å²) in [6, 6.07) is 10.4. The van der Waals surface area contributed by atoms with E-state index in [1.54, 1.807) is 43.3 Å². The molecule has 0 bridgehead atoms. The molecule has 0 aliphatic rings. The fourth-order valence-electron chi connectivity index (χ4n) is 2.68. The maximum atomic E-state index is 12.7. The van der Waals surface area contributed by atoms with E-state index in [2.05, 4.69) is 9.97 Å². The van der Waals surface area contributed by atoms with Crippen molar-refractivity contribution in [3.63, 3.8) is 0 Å². The zero-order valence-electron chi connectivity index (χ0n) is 13.5. The minimum atomic E-state index is -0.479. The van der Waals surface area contributed by atoms with Crippen molar-refractivity contribution < 1.29 is 4.79 Å². The number of aromatic nitrogens is 3. The largest absolute Gasteiger partial charge is 0.354 e. The van der Waals surface area contributed by atoms with Gasteiger partial charge in [-0.3, -0.25) is 0 Å². The molecule has 2 heterocycles. The molecule has 0 aliphatic heterocycles. The summed E-state index contributed by atoms with van der Waals surface area (Å²) in [5.74, 6) is 0.106. The number of hydrogen-bond acceptors (Lipinski definition) is 4. The van der Waals surface area contributed by atoms with E-state index in [-0.39, 0.29) is 10.9 Å². The molecule has 0 saturated heterocycles. The normalized spacial score (nSPS) is 11.0. The van der Waals surface area contributed by atoms with E-state index in [9.17, 15) is 9.59 Å². The molecular weight excluding hydrogens is 361 g/mol. The number of carbonyl (C=O) groups excluding carboxylic acids is 1. The van der Waals surface area contributed by atoms with Gasteiger partial charge in [0.2, 0.25) is 0 Å². The molecule has 7 heteroatoms. The minimum absolute atomic E-state index is 0.106. The molecule has 0 fully saturated rings. The predicted molar refractivity (Wildman–Crippen MR) is 98.8 cm³/mol. The Labute approximate surface area is 154 Å². The first kappa shape index (κ1) is 17.6. The third-order valence-electron chi connectivity index (χ3n) is 3.82. The maximum absolute atomic E-state index is 12.7. The first-order valence-corrected chi connectivity index (χ1v) is 8.55. The fraction of sp³-hybridized carbons (Fsp3) is 0.222. The van der Waals surface area contributed by atoms with Gasteiger partial charge < -0.3 is 4.79 Å². The predicted octanol–water partition coefficient (Wildman–Crippen LogP) is 4.00. The number of rotatable bonds is 5. The first-order valence-electron chi connectivity index (χ1n) is 7.80. The Hall–Kier alpha value is -2.24. The monoisotopic (exact) mass is 375 g/mol. The zero-order chi connectivity index (χ0) is 18.0. The van der Waals surface area contributed by atoms with Gasteiger partial charge in [-0.2, -0.15) is 4.98 Å². The molecule has 128 valence electrons. The van der Waals surface area contributed by atoms with Crippen LogP contribution in [0, 0.1) is 0 Å². The van der Waals surface area contributed by atoms with Crippen molar-refractivity contribution in [3.8, 4) is 5.69 Å². The van der Waals surface area contributed by atoms with Gasteiger partial charge in [0, 0.05) is 11.8 Å². The highest BCUT2D eigenvalue weighted by Crippen LogP contribution is 2.24. The van der Waals surface area contributed by atoms with Crippen LogP contribution in [0.4, 0.5) is 0 Å². The van der Waals surface area contributed by atoms with E-state index in [1.165, 1.54) is 4.57 Å². The van der Waals surface area contributed by atoms with Crippen LogP contribution in [-0.2, 0) is 11.2 Å². The molecule has 0 spiro atoms. The number of aryl methyl sites for hydroxylation is 1. The van der Waals surface area contributed by atoms with Gasteiger partial charge in [-0.1, -0.05) is 35.3 Å². The number of fused-ring (bicyclic) bond motifs is 1. The van der Waals surface area contributed by atoms with Crippen LogP contribution in [0.5, 0.6) is 0 Å². The Morgan fingerprint density at radius 2 is 1.88 bits per heavy atom. The minimum Gasteiger partial charge on any atom is -0.300 e. The van der Waals surface area contributed by atoms with E-state index in [1.807, 2.05) is 0 Å². The number of ketones is 1. The average Bonchev–Trinajstić information content (AvgIpc) is 2.55. The van der Waals surface area contributed by atoms with Crippen LogP contribution in [0.25, 0.3) is 16.7 Å². The van der Waals surface area contributed by atoms with Crippen molar-refractivity contribution >= 4 is 40.0 Å². The lowest BCUT2D eigenvalue weighted by atomic mass is 10.1. The van der Waals surface area contributed by atoms with Crippen molar-refractivity contribution in [1.29, 1.82) is 0 Å². The number of pyridine rings is 1. The lowest BCUT2D eigenvalue weighted by molar-refractivity contribution is -0.117. The first-order chi connectivity index (χ1) is 12.0. The summed E-state index contributed by atoms with van der Waals surface area (Å²) in [5.41, 5.74) is 1.03. The maximum Gasteiger partial charge on any atom is 0.354 e. The smallest absolute Gasteiger partial charge is 0.300 e. The average molecular weight is 376 g/mol. The van der Waals surface area contributed by atoms with E-state index >= 15 is 0 Å². The Morgan fingerprint density at radius 3 is 2.60 bits per heavy atom. The van der Waals surface area contributed by atoms with Crippen LogP contribution in [-0.4, -0.2) is 20.3 Å². The van der Waals surface area contributed by atoms with Crippen molar-refractivity contribution in [1.82, 2.24) is 14.5 Å². The van der Waals surface area contributed by atoms with Gasteiger partial charge in [-0.25, -0.2) is 14.3 Å². The molecule has 5 nitrogen and oxygen atoms in total. The molecule has 0 unspecified atom stereocenters. The van der Waals surface area contributed by atoms with Gasteiger partial charge in [0.15, 0.2) is 5.65 Å². The topological polar surface area (TPSA) is 64.8 Å². The van der Waals surface area contributed by atoms with Crippen molar-refractivity contribution in [2.75, 3.05) is 0 Å². The SMILES string of the molecule is CC(=O)CCCc1nc(=O)n(-c2ccccc2Cl)c2nc(Cl)ccc12. The number of Topliss-reactive ketones (excluding diaryl/α,β-unsaturated/α-hetero) is 1. The summed E-state index contributed by atoms with van der Waals surface area (Å²) < 4.78 is 1.36. The molecule has 2 aromatic heterocycles. The second kappa shape index (κ2) is 7.33. The third kappa shape index (κ3) is 3.72. The van der Waals surface area contributed by atoms with Crippen LogP contribution in [0.3, 0.4) is 0 Å². The van der Waals surface area contributed by atoms with Gasteiger partial charge in [0.05, 0.1) is 16.4 Å². The second-order valence-corrected chi connectivity index (χ2v) is 6.48. The van der Waals surface area contributed by atoms with Crippen LogP contribution in [0.1, 0.15) is 25.5 Å². The summed E-state index contributed by atoms with van der Waals surface area (Å²) in [6.45, 7) is 1.54.